The number of benzene rings is 3. The zero-order valence-electron chi connectivity index (χ0n) is 20.2. The van der Waals surface area contributed by atoms with Crippen molar-refractivity contribution in [3.8, 4) is 0 Å². The molecule has 7 nitrogen and oxygen atoms in total. The molecule has 3 aromatic carbocycles. The Balaban J connectivity index is 1.56. The summed E-state index contributed by atoms with van der Waals surface area (Å²) in [6, 6.07) is 24.2. The third-order valence-corrected chi connectivity index (χ3v) is 6.63. The lowest BCUT2D eigenvalue weighted by atomic mass is 9.98. The van der Waals surface area contributed by atoms with Crippen molar-refractivity contribution in [2.24, 2.45) is 5.10 Å². The molecule has 0 aliphatic carbocycles. The summed E-state index contributed by atoms with van der Waals surface area (Å²) in [6.45, 7) is 5.92. The first-order valence-electron chi connectivity index (χ1n) is 12.1. The van der Waals surface area contributed by atoms with Gasteiger partial charge in [0.15, 0.2) is 0 Å². The molecule has 36 heavy (non-hydrogen) atoms. The molecule has 1 N–H and O–H groups in total. The minimum absolute atomic E-state index is 0.142. The van der Waals surface area contributed by atoms with Crippen molar-refractivity contribution >= 4 is 34.0 Å². The van der Waals surface area contributed by atoms with Crippen LogP contribution in [-0.2, 0) is 0 Å². The largest absolute Gasteiger partial charge is 0.478 e. The molecular formula is C29H27N3O4. The Morgan fingerprint density at radius 1 is 1.03 bits per heavy atom. The van der Waals surface area contributed by atoms with Gasteiger partial charge in [-0.25, -0.2) is 9.59 Å². The predicted molar refractivity (Wildman–Crippen MR) is 142 cm³/mol. The van der Waals surface area contributed by atoms with E-state index in [1.165, 1.54) is 0 Å². The number of hydrogen-bond acceptors (Lipinski definition) is 6. The number of aromatic carboxylic acids is 1. The van der Waals surface area contributed by atoms with Gasteiger partial charge < -0.3 is 14.4 Å². The second-order valence-corrected chi connectivity index (χ2v) is 8.72. The molecule has 1 atom stereocenters. The van der Waals surface area contributed by atoms with Gasteiger partial charge in [0.2, 0.25) is 0 Å². The average molecular weight is 482 g/mol. The second kappa shape index (κ2) is 9.70. The summed E-state index contributed by atoms with van der Waals surface area (Å²) in [4.78, 5) is 26.6. The molecule has 0 spiro atoms. The molecule has 7 heteroatoms. The second-order valence-electron chi connectivity index (χ2n) is 8.72. The Bertz CT molecular complexity index is 1490. The van der Waals surface area contributed by atoms with Crippen LogP contribution in [0.2, 0.25) is 0 Å². The molecule has 1 aliphatic heterocycles. The number of hydrazone groups is 1. The normalized spacial score (nSPS) is 15.2. The summed E-state index contributed by atoms with van der Waals surface area (Å²) in [5, 5.41) is 16.8. The molecule has 1 aliphatic rings. The van der Waals surface area contributed by atoms with Crippen LogP contribution in [-0.4, -0.2) is 29.9 Å². The topological polar surface area (TPSA) is 86.4 Å². The van der Waals surface area contributed by atoms with Crippen molar-refractivity contribution in [3.05, 3.63) is 106 Å². The summed E-state index contributed by atoms with van der Waals surface area (Å²) >= 11 is 0. The zero-order valence-corrected chi connectivity index (χ0v) is 20.2. The van der Waals surface area contributed by atoms with E-state index in [9.17, 15) is 14.7 Å². The van der Waals surface area contributed by atoms with Crippen LogP contribution in [0, 0.1) is 0 Å². The molecular weight excluding hydrogens is 454 g/mol. The molecule has 0 amide bonds. The molecule has 0 bridgehead atoms. The van der Waals surface area contributed by atoms with Gasteiger partial charge >= 0.3 is 11.6 Å². The average Bonchev–Trinajstić information content (AvgIpc) is 3.35. The number of fused-ring (bicyclic) bond motifs is 1. The third kappa shape index (κ3) is 4.35. The van der Waals surface area contributed by atoms with Crippen molar-refractivity contribution in [1.82, 2.24) is 0 Å². The van der Waals surface area contributed by atoms with Gasteiger partial charge in [0.1, 0.15) is 5.58 Å². The van der Waals surface area contributed by atoms with E-state index < -0.39 is 11.6 Å². The van der Waals surface area contributed by atoms with E-state index in [1.807, 2.05) is 59.6 Å². The van der Waals surface area contributed by atoms with Gasteiger partial charge in [0.05, 0.1) is 28.6 Å². The number of carboxylic acid groups (broad SMARTS) is 1. The molecule has 182 valence electrons. The number of anilines is 2. The number of rotatable bonds is 7. The first-order valence-corrected chi connectivity index (χ1v) is 12.1. The van der Waals surface area contributed by atoms with Gasteiger partial charge in [-0.15, -0.1) is 0 Å². The lowest BCUT2D eigenvalue weighted by Crippen LogP contribution is -2.21. The maximum atomic E-state index is 13.1. The van der Waals surface area contributed by atoms with Crippen LogP contribution < -0.4 is 15.5 Å². The molecule has 4 aromatic rings. The fraction of sp³-hybridized carbons (Fsp3) is 0.207. The maximum Gasteiger partial charge on any atom is 0.345 e. The van der Waals surface area contributed by atoms with E-state index in [0.717, 1.165) is 35.4 Å². The van der Waals surface area contributed by atoms with Gasteiger partial charge in [-0.1, -0.05) is 30.3 Å². The quantitative estimate of drug-likeness (QED) is 0.341. The standard InChI is InChI=1S/C29H27N3O4/c1-3-31(4-2)23-15-12-21-16-24(29(35)36-27(21)17-23)25-18-26(19-8-6-5-7-9-19)32(30-25)22-13-10-20(11-14-22)28(33)34/h5-17,26H,3-4,18H2,1-2H3,(H,33,34)/t26-/m1/s1. The summed E-state index contributed by atoms with van der Waals surface area (Å²) in [7, 11) is 0. The molecule has 0 radical (unpaired) electrons. The Labute approximate surface area is 208 Å². The van der Waals surface area contributed by atoms with E-state index in [0.29, 0.717) is 23.3 Å². The van der Waals surface area contributed by atoms with E-state index >= 15 is 0 Å². The molecule has 0 saturated heterocycles. The van der Waals surface area contributed by atoms with Crippen molar-refractivity contribution in [1.29, 1.82) is 0 Å². The van der Waals surface area contributed by atoms with E-state index in [4.69, 9.17) is 9.52 Å². The number of nitrogens with zero attached hydrogens (tertiary/aromatic N) is 3. The van der Waals surface area contributed by atoms with E-state index in [2.05, 4.69) is 18.7 Å². The van der Waals surface area contributed by atoms with Gasteiger partial charge in [0, 0.05) is 36.7 Å². The first kappa shape index (κ1) is 23.4. The van der Waals surface area contributed by atoms with Crippen LogP contribution in [0.5, 0.6) is 0 Å². The Morgan fingerprint density at radius 3 is 2.42 bits per heavy atom. The monoisotopic (exact) mass is 481 g/mol. The molecule has 2 heterocycles. The van der Waals surface area contributed by atoms with E-state index in [1.54, 1.807) is 24.3 Å². The zero-order chi connectivity index (χ0) is 25.2. The lowest BCUT2D eigenvalue weighted by Gasteiger charge is -2.24. The van der Waals surface area contributed by atoms with Gasteiger partial charge in [-0.2, -0.15) is 5.10 Å². The highest BCUT2D eigenvalue weighted by Gasteiger charge is 2.31. The van der Waals surface area contributed by atoms with Crippen molar-refractivity contribution < 1.29 is 14.3 Å². The highest BCUT2D eigenvalue weighted by molar-refractivity contribution is 6.04. The fourth-order valence-electron chi connectivity index (χ4n) is 4.69. The van der Waals surface area contributed by atoms with Crippen LogP contribution in [0.1, 0.15) is 47.8 Å². The summed E-state index contributed by atoms with van der Waals surface area (Å²) < 4.78 is 5.76. The summed E-state index contributed by atoms with van der Waals surface area (Å²) in [5.41, 5.74) is 4.21. The highest BCUT2D eigenvalue weighted by Crippen LogP contribution is 2.36. The third-order valence-electron chi connectivity index (χ3n) is 6.63. The molecule has 0 unspecified atom stereocenters. The number of carboxylic acids is 1. The SMILES string of the molecule is CCN(CC)c1ccc2cc(C3=NN(c4ccc(C(=O)O)cc4)[C@@H](c4ccccc4)C3)c(=O)oc2c1. The van der Waals surface area contributed by atoms with E-state index in [-0.39, 0.29) is 11.6 Å². The Morgan fingerprint density at radius 2 is 1.75 bits per heavy atom. The van der Waals surface area contributed by atoms with Crippen molar-refractivity contribution in [2.45, 2.75) is 26.3 Å². The van der Waals surface area contributed by atoms with Crippen molar-refractivity contribution in [3.63, 3.8) is 0 Å². The summed E-state index contributed by atoms with van der Waals surface area (Å²) in [6.07, 6.45) is 0.512. The van der Waals surface area contributed by atoms with Gasteiger partial charge in [-0.3, -0.25) is 5.01 Å². The van der Waals surface area contributed by atoms with Crippen LogP contribution in [0.15, 0.2) is 93.2 Å². The molecule has 0 saturated carbocycles. The molecule has 1 aromatic heterocycles. The van der Waals surface area contributed by atoms with Crippen LogP contribution in [0.25, 0.3) is 11.0 Å². The predicted octanol–water partition coefficient (Wildman–Crippen LogP) is 5.69. The Kier molecular flexibility index (Phi) is 6.29. The minimum Gasteiger partial charge on any atom is -0.478 e. The van der Waals surface area contributed by atoms with Crippen LogP contribution in [0.4, 0.5) is 11.4 Å². The van der Waals surface area contributed by atoms with Crippen LogP contribution in [0.3, 0.4) is 0 Å². The minimum atomic E-state index is -0.982. The highest BCUT2D eigenvalue weighted by atomic mass is 16.4. The van der Waals surface area contributed by atoms with Crippen molar-refractivity contribution in [2.75, 3.05) is 23.0 Å². The molecule has 5 rings (SSSR count). The van der Waals surface area contributed by atoms with Gasteiger partial charge in [0.25, 0.3) is 0 Å². The lowest BCUT2D eigenvalue weighted by molar-refractivity contribution is 0.0697. The molecule has 0 fully saturated rings. The number of carbonyl (C=O) groups is 1. The Hall–Kier alpha value is -4.39. The smallest absolute Gasteiger partial charge is 0.345 e. The summed E-state index contributed by atoms with van der Waals surface area (Å²) in [5.74, 6) is -0.982. The maximum absolute atomic E-state index is 13.1. The van der Waals surface area contributed by atoms with Crippen LogP contribution >= 0.6 is 0 Å². The number of hydrogen-bond donors (Lipinski definition) is 1. The first-order chi connectivity index (χ1) is 17.5. The fourth-order valence-corrected chi connectivity index (χ4v) is 4.69. The van der Waals surface area contributed by atoms with Gasteiger partial charge in [-0.05, 0) is 61.9 Å².